The first kappa shape index (κ1) is 42.6. The molecule has 0 fully saturated rings. The number of unbranched alkanes of at least 4 members (excludes halogenated alkanes) is 16. The van der Waals surface area contributed by atoms with E-state index in [0.29, 0.717) is 18.4 Å². The number of hydrogen-bond donors (Lipinski definition) is 1. The van der Waals surface area contributed by atoms with E-state index in [1.54, 1.807) is 24.3 Å². The highest BCUT2D eigenvalue weighted by Crippen LogP contribution is 2.23. The van der Waals surface area contributed by atoms with Gasteiger partial charge in [-0.05, 0) is 69.9 Å². The summed E-state index contributed by atoms with van der Waals surface area (Å²) in [5.41, 5.74) is 0.316. The zero-order chi connectivity index (χ0) is 34.2. The zero-order valence-electron chi connectivity index (χ0n) is 30.5. The highest BCUT2D eigenvalue weighted by atomic mass is 16.6. The molecule has 0 saturated carbocycles. The summed E-state index contributed by atoms with van der Waals surface area (Å²) in [5, 5.41) is 10.1. The Hall–Kier alpha value is -2.40. The molecule has 1 aromatic rings. The van der Waals surface area contributed by atoms with Crippen LogP contribution in [0.25, 0.3) is 0 Å². The number of carbonyl (C=O) groups is 2. The van der Waals surface area contributed by atoms with Crippen molar-refractivity contribution in [3.63, 3.8) is 0 Å². The molecule has 0 saturated heterocycles. The SMILES string of the molecule is CCCCCCCC=CCC(CCCCCC)OC(=O)c1ccccc1OC(=O)CCCCCCCC=CCC(O)CCCCCC. The van der Waals surface area contributed by atoms with Crippen LogP contribution in [0.4, 0.5) is 0 Å². The monoisotopic (exact) mass is 655 g/mol. The largest absolute Gasteiger partial charge is 0.458 e. The van der Waals surface area contributed by atoms with Gasteiger partial charge in [0.05, 0.1) is 6.10 Å². The van der Waals surface area contributed by atoms with Gasteiger partial charge >= 0.3 is 11.9 Å². The van der Waals surface area contributed by atoms with Gasteiger partial charge in [-0.3, -0.25) is 4.79 Å². The summed E-state index contributed by atoms with van der Waals surface area (Å²) in [6.45, 7) is 6.64. The molecule has 5 heteroatoms. The van der Waals surface area contributed by atoms with E-state index in [9.17, 15) is 14.7 Å². The molecular formula is C42H70O5. The van der Waals surface area contributed by atoms with Crippen molar-refractivity contribution in [1.82, 2.24) is 0 Å². The molecule has 1 rings (SSSR count). The zero-order valence-corrected chi connectivity index (χ0v) is 30.5. The Bertz CT molecular complexity index is 952. The number of para-hydroxylation sites is 1. The number of carbonyl (C=O) groups excluding carboxylic acids is 2. The molecule has 0 aliphatic rings. The number of allylic oxidation sites excluding steroid dienone is 2. The summed E-state index contributed by atoms with van der Waals surface area (Å²) < 4.78 is 11.7. The van der Waals surface area contributed by atoms with Gasteiger partial charge in [-0.2, -0.15) is 0 Å². The molecule has 268 valence electrons. The van der Waals surface area contributed by atoms with Gasteiger partial charge in [0.1, 0.15) is 17.4 Å². The predicted octanol–water partition coefficient (Wildman–Crippen LogP) is 12.4. The van der Waals surface area contributed by atoms with Crippen molar-refractivity contribution in [3.8, 4) is 5.75 Å². The van der Waals surface area contributed by atoms with E-state index < -0.39 is 5.97 Å². The molecule has 0 heterocycles. The van der Waals surface area contributed by atoms with Crippen LogP contribution in [-0.4, -0.2) is 29.3 Å². The Balaban J connectivity index is 2.41. The highest BCUT2D eigenvalue weighted by molar-refractivity contribution is 5.93. The molecule has 0 aliphatic heterocycles. The first-order valence-corrected chi connectivity index (χ1v) is 19.5. The van der Waals surface area contributed by atoms with Crippen LogP contribution in [0, 0.1) is 0 Å². The van der Waals surface area contributed by atoms with Crippen LogP contribution in [0.1, 0.15) is 192 Å². The minimum atomic E-state index is -0.419. The molecule has 5 nitrogen and oxygen atoms in total. The fourth-order valence-electron chi connectivity index (χ4n) is 5.73. The van der Waals surface area contributed by atoms with Crippen molar-refractivity contribution < 1.29 is 24.2 Å². The summed E-state index contributed by atoms with van der Waals surface area (Å²) >= 11 is 0. The lowest BCUT2D eigenvalue weighted by atomic mass is 10.1. The fourth-order valence-corrected chi connectivity index (χ4v) is 5.73. The first-order chi connectivity index (χ1) is 23.0. The lowest BCUT2D eigenvalue weighted by molar-refractivity contribution is -0.134. The van der Waals surface area contributed by atoms with E-state index in [4.69, 9.17) is 9.47 Å². The van der Waals surface area contributed by atoms with E-state index in [2.05, 4.69) is 45.1 Å². The van der Waals surface area contributed by atoms with Crippen LogP contribution in [-0.2, 0) is 9.53 Å². The van der Waals surface area contributed by atoms with E-state index in [1.165, 1.54) is 64.2 Å². The van der Waals surface area contributed by atoms with Gasteiger partial charge in [-0.15, -0.1) is 0 Å². The molecule has 47 heavy (non-hydrogen) atoms. The minimum Gasteiger partial charge on any atom is -0.458 e. The number of ether oxygens (including phenoxy) is 2. The normalized spacial score (nSPS) is 12.9. The van der Waals surface area contributed by atoms with Crippen molar-refractivity contribution >= 4 is 11.9 Å². The molecule has 1 aromatic carbocycles. The summed E-state index contributed by atoms with van der Waals surface area (Å²) in [5.74, 6) is -0.440. The Morgan fingerprint density at radius 3 is 1.83 bits per heavy atom. The van der Waals surface area contributed by atoms with Gasteiger partial charge in [0, 0.05) is 12.8 Å². The van der Waals surface area contributed by atoms with Crippen molar-refractivity contribution in [3.05, 3.63) is 54.1 Å². The van der Waals surface area contributed by atoms with Gasteiger partial charge < -0.3 is 14.6 Å². The van der Waals surface area contributed by atoms with E-state index >= 15 is 0 Å². The lowest BCUT2D eigenvalue weighted by Crippen LogP contribution is -2.19. The fraction of sp³-hybridized carbons (Fsp3) is 0.714. The van der Waals surface area contributed by atoms with Crippen LogP contribution in [0.3, 0.4) is 0 Å². The van der Waals surface area contributed by atoms with E-state index in [-0.39, 0.29) is 23.9 Å². The van der Waals surface area contributed by atoms with Gasteiger partial charge in [0.25, 0.3) is 0 Å². The third kappa shape index (κ3) is 24.4. The maximum atomic E-state index is 13.3. The second kappa shape index (κ2) is 30.9. The Morgan fingerprint density at radius 1 is 0.638 bits per heavy atom. The minimum absolute atomic E-state index is 0.179. The number of hydrogen-bond acceptors (Lipinski definition) is 5. The average Bonchev–Trinajstić information content (AvgIpc) is 3.07. The summed E-state index contributed by atoms with van der Waals surface area (Å²) in [6.07, 6.45) is 34.8. The third-order valence-corrected chi connectivity index (χ3v) is 8.74. The molecule has 0 radical (unpaired) electrons. The Labute approximate surface area is 289 Å². The number of aliphatic hydroxyl groups is 1. The standard InChI is InChI=1S/C42H70O5/c1-4-7-10-13-14-18-21-26-33-38(32-25-12-9-6-3)46-42(45)39-34-28-29-35-40(39)47-41(44)36-27-22-19-16-15-17-20-24-31-37(43)30-23-11-8-5-2/h20-21,24,26,28-29,34-35,37-38,43H,4-19,22-23,25,27,30-33,36H2,1-3H3. The summed E-state index contributed by atoms with van der Waals surface area (Å²) in [6, 6.07) is 6.94. The number of esters is 2. The van der Waals surface area contributed by atoms with Gasteiger partial charge in [0.15, 0.2) is 0 Å². The van der Waals surface area contributed by atoms with Gasteiger partial charge in [-0.25, -0.2) is 4.79 Å². The molecule has 0 aromatic heterocycles. The lowest BCUT2D eigenvalue weighted by Gasteiger charge is -2.18. The van der Waals surface area contributed by atoms with E-state index in [1.807, 2.05) is 0 Å². The third-order valence-electron chi connectivity index (χ3n) is 8.74. The maximum absolute atomic E-state index is 13.3. The smallest absolute Gasteiger partial charge is 0.342 e. The first-order valence-electron chi connectivity index (χ1n) is 19.5. The Morgan fingerprint density at radius 2 is 1.17 bits per heavy atom. The van der Waals surface area contributed by atoms with Crippen LogP contribution < -0.4 is 4.74 Å². The molecule has 0 bridgehead atoms. The van der Waals surface area contributed by atoms with Crippen LogP contribution in [0.15, 0.2) is 48.6 Å². The number of benzene rings is 1. The molecule has 2 unspecified atom stereocenters. The average molecular weight is 655 g/mol. The molecular weight excluding hydrogens is 584 g/mol. The van der Waals surface area contributed by atoms with E-state index in [0.717, 1.165) is 83.5 Å². The molecule has 0 amide bonds. The molecule has 1 N–H and O–H groups in total. The Kier molecular flexibility index (Phi) is 28.0. The second-order valence-electron chi connectivity index (χ2n) is 13.3. The quantitative estimate of drug-likeness (QED) is 0.0373. The van der Waals surface area contributed by atoms with Gasteiger partial charge in [-0.1, -0.05) is 147 Å². The second-order valence-corrected chi connectivity index (χ2v) is 13.3. The number of rotatable bonds is 31. The van der Waals surface area contributed by atoms with Crippen molar-refractivity contribution in [1.29, 1.82) is 0 Å². The van der Waals surface area contributed by atoms with Gasteiger partial charge in [0.2, 0.25) is 0 Å². The number of aliphatic hydroxyl groups excluding tert-OH is 1. The highest BCUT2D eigenvalue weighted by Gasteiger charge is 2.20. The molecule has 2 atom stereocenters. The maximum Gasteiger partial charge on any atom is 0.342 e. The molecule has 0 spiro atoms. The van der Waals surface area contributed by atoms with Crippen molar-refractivity contribution in [2.24, 2.45) is 0 Å². The predicted molar refractivity (Wildman–Crippen MR) is 198 cm³/mol. The van der Waals surface area contributed by atoms with Crippen LogP contribution in [0.2, 0.25) is 0 Å². The topological polar surface area (TPSA) is 72.8 Å². The van der Waals surface area contributed by atoms with Crippen LogP contribution in [0.5, 0.6) is 5.75 Å². The van der Waals surface area contributed by atoms with Crippen molar-refractivity contribution in [2.45, 2.75) is 193 Å². The van der Waals surface area contributed by atoms with Crippen LogP contribution >= 0.6 is 0 Å². The molecule has 0 aliphatic carbocycles. The summed E-state index contributed by atoms with van der Waals surface area (Å²) in [4.78, 5) is 25.9. The summed E-state index contributed by atoms with van der Waals surface area (Å²) in [7, 11) is 0. The van der Waals surface area contributed by atoms with Crippen molar-refractivity contribution in [2.75, 3.05) is 0 Å².